The highest BCUT2D eigenvalue weighted by atomic mass is 16.4. The molecule has 8 nitrogen and oxygen atoms in total. The predicted octanol–water partition coefficient (Wildman–Crippen LogP) is 1.26. The number of hydrogen-bond acceptors (Lipinski definition) is 4. The van der Waals surface area contributed by atoms with Gasteiger partial charge in [0.05, 0.1) is 12.1 Å². The number of amides is 1. The maximum atomic E-state index is 12.7. The van der Waals surface area contributed by atoms with E-state index >= 15 is 0 Å². The van der Waals surface area contributed by atoms with Crippen LogP contribution in [0.25, 0.3) is 0 Å². The third-order valence-corrected chi connectivity index (χ3v) is 4.84. The number of aromatic amines is 1. The van der Waals surface area contributed by atoms with Gasteiger partial charge in [-0.3, -0.25) is 19.4 Å². The number of likely N-dealkylation sites (tertiary alicyclic amines) is 1. The molecule has 1 amide bonds. The normalized spacial score (nSPS) is 17.7. The number of carboxylic acid groups (broad SMARTS) is 1. The number of H-pyrrole nitrogens is 1. The number of rotatable bonds is 5. The van der Waals surface area contributed by atoms with E-state index in [-0.39, 0.29) is 18.4 Å². The molecular weight excluding hydrogens is 322 g/mol. The van der Waals surface area contributed by atoms with Crippen molar-refractivity contribution in [1.82, 2.24) is 24.9 Å². The second kappa shape index (κ2) is 7.08. The van der Waals surface area contributed by atoms with E-state index < -0.39 is 5.97 Å². The van der Waals surface area contributed by atoms with E-state index in [1.165, 1.54) is 4.68 Å². The van der Waals surface area contributed by atoms with Crippen molar-refractivity contribution in [2.24, 2.45) is 0 Å². The summed E-state index contributed by atoms with van der Waals surface area (Å²) in [5.41, 5.74) is 3.64. The molecule has 0 aliphatic carbocycles. The molecule has 25 heavy (non-hydrogen) atoms. The summed E-state index contributed by atoms with van der Waals surface area (Å²) < 4.78 is 1.52. The zero-order valence-electron chi connectivity index (χ0n) is 14.5. The number of carbonyl (C=O) groups is 2. The van der Waals surface area contributed by atoms with Crippen molar-refractivity contribution in [2.75, 3.05) is 13.1 Å². The fourth-order valence-corrected chi connectivity index (χ4v) is 3.49. The number of carbonyl (C=O) groups excluding carboxylic acids is 1. The molecule has 0 saturated carbocycles. The van der Waals surface area contributed by atoms with Crippen molar-refractivity contribution in [1.29, 1.82) is 0 Å². The first-order valence-electron chi connectivity index (χ1n) is 8.47. The predicted molar refractivity (Wildman–Crippen MR) is 90.2 cm³/mol. The van der Waals surface area contributed by atoms with Gasteiger partial charge in [-0.15, -0.1) is 0 Å². The van der Waals surface area contributed by atoms with Crippen molar-refractivity contribution < 1.29 is 14.7 Å². The van der Waals surface area contributed by atoms with Crippen LogP contribution in [0.3, 0.4) is 0 Å². The topological polar surface area (TPSA) is 104 Å². The van der Waals surface area contributed by atoms with Gasteiger partial charge in [0.1, 0.15) is 6.54 Å². The first-order chi connectivity index (χ1) is 12.0. The molecule has 2 aromatic heterocycles. The van der Waals surface area contributed by atoms with Crippen molar-refractivity contribution in [2.45, 2.75) is 45.6 Å². The lowest BCUT2D eigenvalue weighted by Gasteiger charge is -2.33. The SMILES string of the molecule is Cc1n[nH]c(C)c1CC(=O)N1CCCC(c2ccnn2CC(=O)O)C1. The largest absolute Gasteiger partial charge is 0.480 e. The standard InChI is InChI=1S/C17H23N5O3/c1-11-14(12(2)20-19-11)8-16(23)21-7-3-4-13(9-21)15-5-6-18-22(15)10-17(24)25/h5-6,13H,3-4,7-10H2,1-2H3,(H,19,20)(H,24,25). The first-order valence-corrected chi connectivity index (χ1v) is 8.47. The molecule has 2 aromatic rings. The van der Waals surface area contributed by atoms with Gasteiger partial charge in [-0.2, -0.15) is 10.2 Å². The van der Waals surface area contributed by atoms with Gasteiger partial charge in [0, 0.05) is 42.2 Å². The van der Waals surface area contributed by atoms with Gasteiger partial charge in [0.25, 0.3) is 0 Å². The molecular formula is C17H23N5O3. The fourth-order valence-electron chi connectivity index (χ4n) is 3.49. The minimum absolute atomic E-state index is 0.0848. The fraction of sp³-hybridized carbons (Fsp3) is 0.529. The van der Waals surface area contributed by atoms with Crippen LogP contribution >= 0.6 is 0 Å². The van der Waals surface area contributed by atoms with Crippen LogP contribution in [0.15, 0.2) is 12.3 Å². The molecule has 1 unspecified atom stereocenters. The summed E-state index contributed by atoms with van der Waals surface area (Å²) in [6.07, 6.45) is 3.80. The number of nitrogens with zero attached hydrogens (tertiary/aromatic N) is 4. The lowest BCUT2D eigenvalue weighted by atomic mass is 9.94. The molecule has 1 aliphatic rings. The summed E-state index contributed by atoms with van der Waals surface area (Å²) in [6.45, 7) is 5.00. The van der Waals surface area contributed by atoms with E-state index in [4.69, 9.17) is 5.11 Å². The molecule has 1 fully saturated rings. The average molecular weight is 345 g/mol. The molecule has 0 aromatic carbocycles. The second-order valence-electron chi connectivity index (χ2n) is 6.58. The third-order valence-electron chi connectivity index (χ3n) is 4.84. The van der Waals surface area contributed by atoms with Crippen LogP contribution in [0.5, 0.6) is 0 Å². The molecule has 134 valence electrons. The Bertz CT molecular complexity index is 760. The smallest absolute Gasteiger partial charge is 0.325 e. The Morgan fingerprint density at radius 3 is 2.88 bits per heavy atom. The Kier molecular flexibility index (Phi) is 4.87. The molecule has 3 rings (SSSR count). The quantitative estimate of drug-likeness (QED) is 0.849. The van der Waals surface area contributed by atoms with E-state index in [0.29, 0.717) is 13.0 Å². The average Bonchev–Trinajstić information content (AvgIpc) is 3.16. The number of hydrogen-bond donors (Lipinski definition) is 2. The van der Waals surface area contributed by atoms with Crippen LogP contribution in [-0.2, 0) is 22.6 Å². The summed E-state index contributed by atoms with van der Waals surface area (Å²) in [5, 5.41) is 20.2. The van der Waals surface area contributed by atoms with Crippen molar-refractivity contribution in [3.63, 3.8) is 0 Å². The lowest BCUT2D eigenvalue weighted by molar-refractivity contribution is -0.138. The summed E-state index contributed by atoms with van der Waals surface area (Å²) in [5.74, 6) is -0.715. The van der Waals surface area contributed by atoms with Crippen LogP contribution in [0.2, 0.25) is 0 Å². The van der Waals surface area contributed by atoms with Crippen LogP contribution < -0.4 is 0 Å². The monoisotopic (exact) mass is 345 g/mol. The summed E-state index contributed by atoms with van der Waals surface area (Å²) >= 11 is 0. The summed E-state index contributed by atoms with van der Waals surface area (Å²) in [6, 6.07) is 1.85. The highest BCUT2D eigenvalue weighted by Crippen LogP contribution is 2.27. The Morgan fingerprint density at radius 2 is 2.20 bits per heavy atom. The highest BCUT2D eigenvalue weighted by Gasteiger charge is 2.27. The van der Waals surface area contributed by atoms with Gasteiger partial charge in [-0.05, 0) is 32.8 Å². The highest BCUT2D eigenvalue weighted by molar-refractivity contribution is 5.79. The Labute approximate surface area is 145 Å². The summed E-state index contributed by atoms with van der Waals surface area (Å²) in [4.78, 5) is 25.6. The van der Waals surface area contributed by atoms with Gasteiger partial charge >= 0.3 is 5.97 Å². The molecule has 0 bridgehead atoms. The van der Waals surface area contributed by atoms with Gasteiger partial charge in [0.2, 0.25) is 5.91 Å². The van der Waals surface area contributed by atoms with E-state index in [1.807, 2.05) is 24.8 Å². The minimum Gasteiger partial charge on any atom is -0.480 e. The number of piperidine rings is 1. The van der Waals surface area contributed by atoms with Crippen molar-refractivity contribution in [3.05, 3.63) is 34.9 Å². The second-order valence-corrected chi connectivity index (χ2v) is 6.58. The Balaban J connectivity index is 1.70. The van der Waals surface area contributed by atoms with Crippen LogP contribution in [-0.4, -0.2) is 55.0 Å². The van der Waals surface area contributed by atoms with Crippen LogP contribution in [0, 0.1) is 13.8 Å². The van der Waals surface area contributed by atoms with Crippen LogP contribution in [0.4, 0.5) is 0 Å². The molecule has 8 heteroatoms. The van der Waals surface area contributed by atoms with Crippen molar-refractivity contribution in [3.8, 4) is 0 Å². The number of aliphatic carboxylic acids is 1. The van der Waals surface area contributed by atoms with Crippen LogP contribution in [0.1, 0.15) is 41.4 Å². The first kappa shape index (κ1) is 17.2. The summed E-state index contributed by atoms with van der Waals surface area (Å²) in [7, 11) is 0. The number of aromatic nitrogens is 4. The maximum absolute atomic E-state index is 12.7. The van der Waals surface area contributed by atoms with Gasteiger partial charge in [-0.1, -0.05) is 0 Å². The molecule has 0 radical (unpaired) electrons. The number of aryl methyl sites for hydroxylation is 2. The van der Waals surface area contributed by atoms with E-state index in [9.17, 15) is 9.59 Å². The van der Waals surface area contributed by atoms with E-state index in [2.05, 4.69) is 15.3 Å². The molecule has 2 N–H and O–H groups in total. The molecule has 1 saturated heterocycles. The zero-order valence-corrected chi connectivity index (χ0v) is 14.5. The molecule has 1 aliphatic heterocycles. The minimum atomic E-state index is -0.917. The zero-order chi connectivity index (χ0) is 18.0. The number of nitrogens with one attached hydrogen (secondary N) is 1. The third kappa shape index (κ3) is 3.72. The van der Waals surface area contributed by atoms with E-state index in [0.717, 1.165) is 42.0 Å². The molecule has 1 atom stereocenters. The molecule has 3 heterocycles. The van der Waals surface area contributed by atoms with Gasteiger partial charge in [-0.25, -0.2) is 0 Å². The lowest BCUT2D eigenvalue weighted by Crippen LogP contribution is -2.40. The Morgan fingerprint density at radius 1 is 1.40 bits per heavy atom. The van der Waals surface area contributed by atoms with Crippen molar-refractivity contribution >= 4 is 11.9 Å². The van der Waals surface area contributed by atoms with Gasteiger partial charge in [0.15, 0.2) is 0 Å². The maximum Gasteiger partial charge on any atom is 0.325 e. The Hall–Kier alpha value is -2.64. The van der Waals surface area contributed by atoms with E-state index in [1.54, 1.807) is 6.20 Å². The number of carboxylic acids is 1. The molecule has 0 spiro atoms. The van der Waals surface area contributed by atoms with Gasteiger partial charge < -0.3 is 10.0 Å².